The Morgan fingerprint density at radius 2 is 2.07 bits per heavy atom. The molecule has 0 unspecified atom stereocenters. The molecule has 8 nitrogen and oxygen atoms in total. The van der Waals surface area contributed by atoms with Crippen molar-refractivity contribution in [3.05, 3.63) is 54.4 Å². The lowest BCUT2D eigenvalue weighted by molar-refractivity contribution is 0.448. The van der Waals surface area contributed by atoms with E-state index in [1.54, 1.807) is 17.3 Å². The van der Waals surface area contributed by atoms with E-state index in [1.807, 2.05) is 56.3 Å². The minimum atomic E-state index is 0. The first kappa shape index (κ1) is 20.9. The molecule has 2 aromatic heterocycles. The van der Waals surface area contributed by atoms with Crippen molar-refractivity contribution >= 4 is 29.9 Å². The van der Waals surface area contributed by atoms with Gasteiger partial charge in [-0.25, -0.2) is 15.0 Å². The van der Waals surface area contributed by atoms with Gasteiger partial charge in [0.1, 0.15) is 24.1 Å². The number of aromatic nitrogens is 4. The fourth-order valence-corrected chi connectivity index (χ4v) is 2.47. The van der Waals surface area contributed by atoms with E-state index in [-0.39, 0.29) is 24.0 Å². The summed E-state index contributed by atoms with van der Waals surface area (Å²) in [6, 6.07) is 9.83. The van der Waals surface area contributed by atoms with Crippen molar-refractivity contribution in [2.24, 2.45) is 12.0 Å². The first-order chi connectivity index (χ1) is 12.7. The van der Waals surface area contributed by atoms with E-state index >= 15 is 0 Å². The van der Waals surface area contributed by atoms with Gasteiger partial charge in [-0.05, 0) is 19.1 Å². The van der Waals surface area contributed by atoms with Crippen LogP contribution >= 0.6 is 24.0 Å². The van der Waals surface area contributed by atoms with Crippen LogP contribution in [0.4, 0.5) is 0 Å². The van der Waals surface area contributed by atoms with Crippen LogP contribution in [0, 0.1) is 0 Å². The maximum atomic E-state index is 5.57. The van der Waals surface area contributed by atoms with E-state index in [4.69, 9.17) is 4.42 Å². The third-order valence-electron chi connectivity index (χ3n) is 3.84. The SMILES string of the molecule is CCNC(=NCc1coc(-c2ccccc2)n1)N(C)Cc1ncnn1C.I. The number of oxazole rings is 1. The summed E-state index contributed by atoms with van der Waals surface area (Å²) in [5, 5.41) is 7.38. The molecule has 0 spiro atoms. The van der Waals surface area contributed by atoms with Crippen LogP contribution in [-0.2, 0) is 20.1 Å². The summed E-state index contributed by atoms with van der Waals surface area (Å²) in [7, 11) is 3.84. The Balaban J connectivity index is 0.00000261. The molecule has 0 saturated carbocycles. The summed E-state index contributed by atoms with van der Waals surface area (Å²) < 4.78 is 7.32. The quantitative estimate of drug-likeness (QED) is 0.331. The van der Waals surface area contributed by atoms with Gasteiger partial charge in [0.05, 0.1) is 13.1 Å². The highest BCUT2D eigenvalue weighted by Gasteiger charge is 2.11. The van der Waals surface area contributed by atoms with Gasteiger partial charge in [0.15, 0.2) is 5.96 Å². The maximum Gasteiger partial charge on any atom is 0.226 e. The number of nitrogens with zero attached hydrogens (tertiary/aromatic N) is 6. The van der Waals surface area contributed by atoms with Crippen LogP contribution in [0.1, 0.15) is 18.4 Å². The summed E-state index contributed by atoms with van der Waals surface area (Å²) in [6.07, 6.45) is 3.20. The summed E-state index contributed by atoms with van der Waals surface area (Å²) >= 11 is 0. The van der Waals surface area contributed by atoms with Crippen LogP contribution in [0.5, 0.6) is 0 Å². The van der Waals surface area contributed by atoms with Gasteiger partial charge in [0.2, 0.25) is 5.89 Å². The van der Waals surface area contributed by atoms with Crippen molar-refractivity contribution in [3.8, 4) is 11.5 Å². The standard InChI is InChI=1S/C18H23N7O.HI/c1-4-19-18(24(2)11-16-21-13-22-25(16)3)20-10-15-12-26-17(23-15)14-8-6-5-7-9-14;/h5-9,12-13H,4,10-11H2,1-3H3,(H,19,20);1H. The number of hydrogen-bond donors (Lipinski definition) is 1. The Morgan fingerprint density at radius 1 is 1.30 bits per heavy atom. The van der Waals surface area contributed by atoms with E-state index in [1.165, 1.54) is 0 Å². The third kappa shape index (κ3) is 5.52. The van der Waals surface area contributed by atoms with Gasteiger partial charge < -0.3 is 14.6 Å². The fraction of sp³-hybridized carbons (Fsp3) is 0.333. The van der Waals surface area contributed by atoms with E-state index in [2.05, 4.69) is 25.4 Å². The maximum absolute atomic E-state index is 5.57. The molecule has 2 heterocycles. The number of aliphatic imine (C=N–C) groups is 1. The Hall–Kier alpha value is -2.43. The molecule has 1 N–H and O–H groups in total. The molecule has 3 rings (SSSR count). The Bertz CT molecular complexity index is 859. The summed E-state index contributed by atoms with van der Waals surface area (Å²) in [4.78, 5) is 15.4. The largest absolute Gasteiger partial charge is 0.444 e. The number of guanidine groups is 1. The Morgan fingerprint density at radius 3 is 2.74 bits per heavy atom. The second-order valence-corrected chi connectivity index (χ2v) is 5.84. The predicted octanol–water partition coefficient (Wildman–Crippen LogP) is 2.69. The Labute approximate surface area is 175 Å². The van der Waals surface area contributed by atoms with Crippen molar-refractivity contribution < 1.29 is 4.42 Å². The van der Waals surface area contributed by atoms with Crippen LogP contribution in [0.3, 0.4) is 0 Å². The molecule has 0 saturated heterocycles. The molecule has 0 atom stereocenters. The average molecular weight is 481 g/mol. The average Bonchev–Trinajstić information content (AvgIpc) is 3.29. The van der Waals surface area contributed by atoms with Crippen molar-refractivity contribution in [1.82, 2.24) is 30.0 Å². The van der Waals surface area contributed by atoms with Gasteiger partial charge in [0, 0.05) is 26.2 Å². The van der Waals surface area contributed by atoms with Gasteiger partial charge in [-0.1, -0.05) is 18.2 Å². The van der Waals surface area contributed by atoms with Crippen molar-refractivity contribution in [2.75, 3.05) is 13.6 Å². The molecular weight excluding hydrogens is 457 g/mol. The monoisotopic (exact) mass is 481 g/mol. The van der Waals surface area contributed by atoms with Crippen LogP contribution in [0.2, 0.25) is 0 Å². The molecule has 0 amide bonds. The zero-order chi connectivity index (χ0) is 18.4. The van der Waals surface area contributed by atoms with Crippen LogP contribution < -0.4 is 5.32 Å². The molecule has 0 aliphatic rings. The van der Waals surface area contributed by atoms with E-state index in [0.717, 1.165) is 29.6 Å². The molecular formula is C18H24IN7O. The number of halogens is 1. The smallest absolute Gasteiger partial charge is 0.226 e. The molecule has 0 radical (unpaired) electrons. The summed E-state index contributed by atoms with van der Waals surface area (Å²) in [5.74, 6) is 2.25. The highest BCUT2D eigenvalue weighted by Crippen LogP contribution is 2.18. The molecule has 0 fully saturated rings. The minimum Gasteiger partial charge on any atom is -0.444 e. The fourth-order valence-electron chi connectivity index (χ4n) is 2.47. The minimum absolute atomic E-state index is 0. The Kier molecular flexibility index (Phi) is 7.77. The third-order valence-corrected chi connectivity index (χ3v) is 3.84. The van der Waals surface area contributed by atoms with E-state index < -0.39 is 0 Å². The predicted molar refractivity (Wildman–Crippen MR) is 115 cm³/mol. The summed E-state index contributed by atoms with van der Waals surface area (Å²) in [5.41, 5.74) is 1.74. The summed E-state index contributed by atoms with van der Waals surface area (Å²) in [6.45, 7) is 3.85. The molecule has 1 aromatic carbocycles. The van der Waals surface area contributed by atoms with Gasteiger partial charge in [-0.3, -0.25) is 4.68 Å². The number of aryl methyl sites for hydroxylation is 1. The van der Waals surface area contributed by atoms with Gasteiger partial charge in [-0.2, -0.15) is 5.10 Å². The normalized spacial score (nSPS) is 11.1. The first-order valence-electron chi connectivity index (χ1n) is 8.49. The topological polar surface area (TPSA) is 84.4 Å². The van der Waals surface area contributed by atoms with Crippen LogP contribution in [0.15, 0.2) is 52.3 Å². The highest BCUT2D eigenvalue weighted by atomic mass is 127. The van der Waals surface area contributed by atoms with E-state index in [9.17, 15) is 0 Å². The molecule has 0 aliphatic carbocycles. The number of benzene rings is 1. The van der Waals surface area contributed by atoms with E-state index in [0.29, 0.717) is 19.0 Å². The number of hydrogen-bond acceptors (Lipinski definition) is 5. The molecule has 9 heteroatoms. The second kappa shape index (κ2) is 10.0. The van der Waals surface area contributed by atoms with Crippen molar-refractivity contribution in [3.63, 3.8) is 0 Å². The lowest BCUT2D eigenvalue weighted by Crippen LogP contribution is -2.39. The van der Waals surface area contributed by atoms with Crippen molar-refractivity contribution in [2.45, 2.75) is 20.0 Å². The lowest BCUT2D eigenvalue weighted by atomic mass is 10.2. The van der Waals surface area contributed by atoms with Crippen molar-refractivity contribution in [1.29, 1.82) is 0 Å². The highest BCUT2D eigenvalue weighted by molar-refractivity contribution is 14.0. The molecule has 27 heavy (non-hydrogen) atoms. The number of nitrogens with one attached hydrogen (secondary N) is 1. The van der Waals surface area contributed by atoms with Gasteiger partial charge in [-0.15, -0.1) is 24.0 Å². The van der Waals surface area contributed by atoms with Crippen LogP contribution in [0.25, 0.3) is 11.5 Å². The lowest BCUT2D eigenvalue weighted by Gasteiger charge is -2.21. The molecule has 0 bridgehead atoms. The van der Waals surface area contributed by atoms with Gasteiger partial charge in [0.25, 0.3) is 0 Å². The molecule has 3 aromatic rings. The van der Waals surface area contributed by atoms with Crippen LogP contribution in [-0.4, -0.2) is 44.2 Å². The molecule has 0 aliphatic heterocycles. The zero-order valence-corrected chi connectivity index (χ0v) is 18.0. The zero-order valence-electron chi connectivity index (χ0n) is 15.7. The first-order valence-corrected chi connectivity index (χ1v) is 8.49. The second-order valence-electron chi connectivity index (χ2n) is 5.84. The molecule has 144 valence electrons. The number of rotatable bonds is 6. The van der Waals surface area contributed by atoms with Gasteiger partial charge >= 0.3 is 0 Å².